The first kappa shape index (κ1) is 24.3. The third kappa shape index (κ3) is 6.82. The van der Waals surface area contributed by atoms with Crippen LogP contribution in [0.5, 0.6) is 11.5 Å². The average molecular weight is 450 g/mol. The molecule has 0 amide bonds. The van der Waals surface area contributed by atoms with Crippen molar-refractivity contribution in [2.24, 2.45) is 5.73 Å². The number of rotatable bonds is 12. The van der Waals surface area contributed by atoms with Crippen molar-refractivity contribution in [2.75, 3.05) is 40.6 Å². The zero-order chi connectivity index (χ0) is 23.5. The van der Waals surface area contributed by atoms with Gasteiger partial charge in [0, 0.05) is 37.3 Å². The first-order chi connectivity index (χ1) is 16.2. The molecule has 0 saturated heterocycles. The minimum Gasteiger partial charge on any atom is -0.487 e. The van der Waals surface area contributed by atoms with E-state index in [2.05, 4.69) is 41.0 Å². The van der Waals surface area contributed by atoms with Crippen molar-refractivity contribution in [3.8, 4) is 23.5 Å². The van der Waals surface area contributed by atoms with E-state index in [1.807, 2.05) is 24.3 Å². The van der Waals surface area contributed by atoms with Gasteiger partial charge in [0.15, 0.2) is 11.5 Å². The molecule has 0 radical (unpaired) electrons. The monoisotopic (exact) mass is 449 g/mol. The number of hydrogen-bond donors (Lipinski definition) is 1. The third-order valence-electron chi connectivity index (χ3n) is 5.30. The molecular formula is C26H31N3O4. The predicted octanol–water partition coefficient (Wildman–Crippen LogP) is 3.68. The van der Waals surface area contributed by atoms with Crippen LogP contribution in [0.4, 0.5) is 0 Å². The van der Waals surface area contributed by atoms with Gasteiger partial charge in [-0.15, -0.1) is 0 Å². The molecule has 7 nitrogen and oxygen atoms in total. The molecule has 0 aliphatic carbocycles. The standard InChI is InChI=1S/C26H31N3O4/c1-19(7-8-20-5-4-6-21(15-20)9-10-27)26-22-16-24(32-13-11-30-2)25(33-14-12-31-3)17-23(22)28-18-29-26/h4-6,15-19H,7-8,11-14,27H2,1-3H3/t19-/m0/s1. The number of hydrogen-bond acceptors (Lipinski definition) is 7. The Labute approximate surface area is 195 Å². The average Bonchev–Trinajstić information content (AvgIpc) is 2.83. The Kier molecular flexibility index (Phi) is 9.31. The van der Waals surface area contributed by atoms with Crippen LogP contribution in [0.25, 0.3) is 10.9 Å². The van der Waals surface area contributed by atoms with Gasteiger partial charge in [0.25, 0.3) is 0 Å². The van der Waals surface area contributed by atoms with Gasteiger partial charge in [-0.1, -0.05) is 19.1 Å². The summed E-state index contributed by atoms with van der Waals surface area (Å²) in [7, 11) is 3.29. The van der Waals surface area contributed by atoms with Gasteiger partial charge >= 0.3 is 0 Å². The molecule has 1 atom stereocenters. The van der Waals surface area contributed by atoms with E-state index in [0.717, 1.165) is 35.0 Å². The molecule has 0 spiro atoms. The van der Waals surface area contributed by atoms with Crippen molar-refractivity contribution in [3.63, 3.8) is 0 Å². The molecule has 3 aromatic rings. The van der Waals surface area contributed by atoms with Gasteiger partial charge in [0.2, 0.25) is 0 Å². The van der Waals surface area contributed by atoms with Crippen LogP contribution in [0.3, 0.4) is 0 Å². The first-order valence-corrected chi connectivity index (χ1v) is 11.0. The normalized spacial score (nSPS) is 11.6. The second-order valence-electron chi connectivity index (χ2n) is 7.67. The number of methoxy groups -OCH3 is 2. The molecule has 0 unspecified atom stereocenters. The van der Waals surface area contributed by atoms with Gasteiger partial charge in [-0.3, -0.25) is 0 Å². The Morgan fingerprint density at radius 3 is 2.36 bits per heavy atom. The summed E-state index contributed by atoms with van der Waals surface area (Å²) in [6, 6.07) is 14.5. The fourth-order valence-corrected chi connectivity index (χ4v) is 3.58. The van der Waals surface area contributed by atoms with E-state index in [1.165, 1.54) is 5.56 Å². The Morgan fingerprint density at radius 1 is 0.939 bits per heavy atom. The van der Waals surface area contributed by atoms with Gasteiger partial charge in [0.1, 0.15) is 19.5 Å². The Hall–Kier alpha value is -3.34. The number of benzene rings is 2. The number of aryl methyl sites for hydroxylation is 1. The molecule has 0 aliphatic heterocycles. The van der Waals surface area contributed by atoms with E-state index in [1.54, 1.807) is 20.5 Å². The van der Waals surface area contributed by atoms with Crippen LogP contribution in [0.2, 0.25) is 0 Å². The lowest BCUT2D eigenvalue weighted by molar-refractivity contribution is 0.132. The molecule has 7 heteroatoms. The highest BCUT2D eigenvalue weighted by atomic mass is 16.5. The van der Waals surface area contributed by atoms with Crippen LogP contribution in [-0.4, -0.2) is 50.6 Å². The minimum atomic E-state index is 0.215. The van der Waals surface area contributed by atoms with Gasteiger partial charge in [0.05, 0.1) is 24.4 Å². The lowest BCUT2D eigenvalue weighted by Gasteiger charge is -2.17. The Balaban J connectivity index is 1.84. The maximum absolute atomic E-state index is 5.95. The largest absolute Gasteiger partial charge is 0.487 e. The van der Waals surface area contributed by atoms with E-state index in [0.29, 0.717) is 37.9 Å². The highest BCUT2D eigenvalue weighted by Crippen LogP contribution is 2.35. The van der Waals surface area contributed by atoms with E-state index in [-0.39, 0.29) is 5.92 Å². The fourth-order valence-electron chi connectivity index (χ4n) is 3.58. The molecule has 1 aromatic heterocycles. The van der Waals surface area contributed by atoms with Crippen molar-refractivity contribution in [3.05, 3.63) is 59.5 Å². The number of ether oxygens (including phenoxy) is 4. The molecule has 0 fully saturated rings. The summed E-state index contributed by atoms with van der Waals surface area (Å²) in [5.74, 6) is 4.40. The second kappa shape index (κ2) is 12.6. The number of fused-ring (bicyclic) bond motifs is 1. The highest BCUT2D eigenvalue weighted by molar-refractivity contribution is 5.85. The van der Waals surface area contributed by atoms with Crippen LogP contribution < -0.4 is 15.2 Å². The van der Waals surface area contributed by atoms with Gasteiger partial charge in [-0.2, -0.15) is 0 Å². The summed E-state index contributed by atoms with van der Waals surface area (Å²) in [5.41, 5.74) is 9.30. The zero-order valence-corrected chi connectivity index (χ0v) is 19.5. The summed E-state index contributed by atoms with van der Waals surface area (Å²) in [6.45, 7) is 3.99. The van der Waals surface area contributed by atoms with Crippen molar-refractivity contribution in [2.45, 2.75) is 25.7 Å². The smallest absolute Gasteiger partial charge is 0.163 e. The lowest BCUT2D eigenvalue weighted by atomic mass is 9.95. The maximum atomic E-state index is 5.95. The number of aromatic nitrogens is 2. The summed E-state index contributed by atoms with van der Waals surface area (Å²) < 4.78 is 22.1. The number of nitrogens with zero attached hydrogens (tertiary/aromatic N) is 2. The summed E-state index contributed by atoms with van der Waals surface area (Å²) >= 11 is 0. The van der Waals surface area contributed by atoms with Crippen molar-refractivity contribution >= 4 is 10.9 Å². The van der Waals surface area contributed by atoms with Crippen molar-refractivity contribution < 1.29 is 18.9 Å². The molecule has 0 saturated carbocycles. The minimum absolute atomic E-state index is 0.215. The molecule has 33 heavy (non-hydrogen) atoms. The maximum Gasteiger partial charge on any atom is 0.163 e. The predicted molar refractivity (Wildman–Crippen MR) is 129 cm³/mol. The Morgan fingerprint density at radius 2 is 1.67 bits per heavy atom. The summed E-state index contributed by atoms with van der Waals surface area (Å²) in [5, 5.41) is 0.958. The second-order valence-corrected chi connectivity index (χ2v) is 7.67. The molecule has 3 rings (SSSR count). The molecule has 0 bridgehead atoms. The third-order valence-corrected chi connectivity index (χ3v) is 5.30. The van der Waals surface area contributed by atoms with Crippen molar-refractivity contribution in [1.82, 2.24) is 9.97 Å². The molecule has 0 aliphatic rings. The first-order valence-electron chi connectivity index (χ1n) is 11.0. The molecular weight excluding hydrogens is 418 g/mol. The Bertz CT molecular complexity index is 1110. The molecule has 2 N–H and O–H groups in total. The fraction of sp³-hybridized carbons (Fsp3) is 0.385. The summed E-state index contributed by atoms with van der Waals surface area (Å²) in [6.07, 6.45) is 3.44. The van der Waals surface area contributed by atoms with E-state index >= 15 is 0 Å². The number of nitrogens with two attached hydrogens (primary N) is 1. The van der Waals surface area contributed by atoms with E-state index in [9.17, 15) is 0 Å². The van der Waals surface area contributed by atoms with Gasteiger partial charge < -0.3 is 24.7 Å². The molecule has 174 valence electrons. The van der Waals surface area contributed by atoms with Gasteiger partial charge in [-0.05, 0) is 48.4 Å². The summed E-state index contributed by atoms with van der Waals surface area (Å²) in [4.78, 5) is 9.09. The van der Waals surface area contributed by atoms with E-state index in [4.69, 9.17) is 24.7 Å². The van der Waals surface area contributed by atoms with Crippen LogP contribution in [0, 0.1) is 12.0 Å². The van der Waals surface area contributed by atoms with Crippen LogP contribution in [-0.2, 0) is 15.9 Å². The van der Waals surface area contributed by atoms with Crippen LogP contribution in [0.1, 0.15) is 36.1 Å². The van der Waals surface area contributed by atoms with Crippen LogP contribution >= 0.6 is 0 Å². The molecule has 2 aromatic carbocycles. The van der Waals surface area contributed by atoms with Gasteiger partial charge in [-0.25, -0.2) is 9.97 Å². The van der Waals surface area contributed by atoms with E-state index < -0.39 is 0 Å². The zero-order valence-electron chi connectivity index (χ0n) is 19.5. The molecule has 1 heterocycles. The lowest BCUT2D eigenvalue weighted by Crippen LogP contribution is -2.09. The van der Waals surface area contributed by atoms with Crippen molar-refractivity contribution in [1.29, 1.82) is 0 Å². The van der Waals surface area contributed by atoms with Crippen LogP contribution in [0.15, 0.2) is 42.7 Å². The SMILES string of the molecule is COCCOc1cc2ncnc([C@@H](C)CCc3cccc(C#CN)c3)c2cc1OCCOC. The quantitative estimate of drug-likeness (QED) is 0.256. The topological polar surface area (TPSA) is 88.7 Å². The highest BCUT2D eigenvalue weighted by Gasteiger charge is 2.16.